The Morgan fingerprint density at radius 1 is 0.971 bits per heavy atom. The topological polar surface area (TPSA) is 119 Å². The van der Waals surface area contributed by atoms with Crippen molar-refractivity contribution in [2.45, 2.75) is 66.2 Å². The highest BCUT2D eigenvalue weighted by Gasteiger charge is 2.11. The van der Waals surface area contributed by atoms with E-state index in [0.29, 0.717) is 26.9 Å². The van der Waals surface area contributed by atoms with Crippen molar-refractivity contribution in [3.8, 4) is 0 Å². The summed E-state index contributed by atoms with van der Waals surface area (Å²) >= 11 is 5.86. The number of carbonyl (C=O) groups is 2. The summed E-state index contributed by atoms with van der Waals surface area (Å²) in [5.74, 6) is 0.802. The van der Waals surface area contributed by atoms with Crippen LogP contribution in [-0.2, 0) is 15.9 Å². The number of allylic oxidation sites excluding steroid dienone is 1. The number of halogens is 1. The van der Waals surface area contributed by atoms with Gasteiger partial charge in [-0.15, -0.1) is 22.7 Å². The molecule has 2 aromatic heterocycles. The quantitative estimate of drug-likeness (QED) is 0.205. The molecule has 12 heteroatoms. The van der Waals surface area contributed by atoms with E-state index in [0.717, 1.165) is 30.7 Å². The lowest BCUT2D eigenvalue weighted by Gasteiger charge is -1.96. The van der Waals surface area contributed by atoms with Gasteiger partial charge in [-0.25, -0.2) is 19.6 Å². The summed E-state index contributed by atoms with van der Waals surface area (Å²) < 4.78 is 10.3. The first kappa shape index (κ1) is 32.4. The van der Waals surface area contributed by atoms with Gasteiger partial charge in [0.05, 0.1) is 30.6 Å². The zero-order valence-electron chi connectivity index (χ0n) is 20.2. The third kappa shape index (κ3) is 16.1. The molecule has 0 fully saturated rings. The summed E-state index contributed by atoms with van der Waals surface area (Å²) in [5.41, 5.74) is 0. The van der Waals surface area contributed by atoms with E-state index in [1.807, 2.05) is 6.92 Å². The molecule has 0 amide bonds. The smallest absolute Gasteiger partial charge is 0.462 e. The Morgan fingerprint density at radius 2 is 1.56 bits per heavy atom. The number of carbonyl (C=O) groups excluding carboxylic acids is 2. The normalized spacial score (nSPS) is 10.1. The van der Waals surface area contributed by atoms with E-state index in [1.54, 1.807) is 26.1 Å². The molecule has 0 saturated heterocycles. The minimum absolute atomic E-state index is 0.253. The van der Waals surface area contributed by atoms with Crippen molar-refractivity contribution in [1.29, 1.82) is 0 Å². The van der Waals surface area contributed by atoms with Gasteiger partial charge < -0.3 is 19.5 Å². The van der Waals surface area contributed by atoms with Crippen molar-refractivity contribution in [1.82, 2.24) is 9.97 Å². The van der Waals surface area contributed by atoms with Crippen LogP contribution in [-0.4, -0.2) is 52.3 Å². The van der Waals surface area contributed by atoms with Gasteiger partial charge in [-0.3, -0.25) is 0 Å². The number of aromatic nitrogens is 2. The summed E-state index contributed by atoms with van der Waals surface area (Å²) in [7, 11) is -1.28. The van der Waals surface area contributed by atoms with Crippen LogP contribution in [0, 0.1) is 0 Å². The van der Waals surface area contributed by atoms with Crippen molar-refractivity contribution in [2.24, 2.45) is 0 Å². The van der Waals surface area contributed by atoms with Crippen molar-refractivity contribution < 1.29 is 29.1 Å². The molecule has 2 N–H and O–H groups in total. The van der Waals surface area contributed by atoms with Gasteiger partial charge in [-0.1, -0.05) is 45.2 Å². The number of esters is 2. The van der Waals surface area contributed by atoms with Crippen molar-refractivity contribution in [3.63, 3.8) is 0 Å². The van der Waals surface area contributed by atoms with Gasteiger partial charge in [-0.05, 0) is 49.0 Å². The van der Waals surface area contributed by atoms with Gasteiger partial charge in [0.1, 0.15) is 9.75 Å². The zero-order valence-corrected chi connectivity index (χ0v) is 23.4. The van der Waals surface area contributed by atoms with Gasteiger partial charge >= 0.3 is 19.1 Å². The summed E-state index contributed by atoms with van der Waals surface area (Å²) in [6.07, 6.45) is 11.4. The maximum Gasteiger partial charge on any atom is 0.480 e. The fourth-order valence-corrected chi connectivity index (χ4v) is 4.20. The fraction of sp³-hybridized carbons (Fsp3) is 0.545. The zero-order chi connectivity index (χ0) is 25.8. The Morgan fingerprint density at radius 3 is 2.03 bits per heavy atom. The summed E-state index contributed by atoms with van der Waals surface area (Å²) in [6, 6.07) is 0. The Balaban J connectivity index is 0.000000507. The predicted molar refractivity (Wildman–Crippen MR) is 141 cm³/mol. The van der Waals surface area contributed by atoms with E-state index in [4.69, 9.17) is 19.5 Å². The SMILES string of the molecule is CCC/C=C/B(O)O.CCCCCc1ncc(C(=O)OCC)s1.CCOC(=O)c1cnc(Br)s1. The molecule has 0 spiro atoms. The van der Waals surface area contributed by atoms with Crippen molar-refractivity contribution in [3.05, 3.63) is 43.1 Å². The first-order valence-corrected chi connectivity index (χ1v) is 13.6. The van der Waals surface area contributed by atoms with Crippen LogP contribution in [0.3, 0.4) is 0 Å². The molecule has 2 aromatic rings. The molecule has 0 saturated carbocycles. The molecule has 0 aliphatic rings. The van der Waals surface area contributed by atoms with Gasteiger partial charge in [0, 0.05) is 0 Å². The van der Waals surface area contributed by atoms with E-state index >= 15 is 0 Å². The van der Waals surface area contributed by atoms with Crippen molar-refractivity contribution in [2.75, 3.05) is 13.2 Å². The highest BCUT2D eigenvalue weighted by Crippen LogP contribution is 2.19. The second kappa shape index (κ2) is 20.8. The van der Waals surface area contributed by atoms with Crippen LogP contribution in [0.2, 0.25) is 0 Å². The molecule has 2 rings (SSSR count). The molecule has 0 aliphatic heterocycles. The van der Waals surface area contributed by atoms with Crippen LogP contribution in [0.1, 0.15) is 84.2 Å². The third-order valence-corrected chi connectivity index (χ3v) is 6.24. The lowest BCUT2D eigenvalue weighted by Crippen LogP contribution is -2.05. The summed E-state index contributed by atoms with van der Waals surface area (Å²) in [6.45, 7) is 8.60. The van der Waals surface area contributed by atoms with Crippen LogP contribution in [0.25, 0.3) is 0 Å². The maximum absolute atomic E-state index is 11.3. The second-order valence-corrected chi connectivity index (χ2v) is 10.0. The van der Waals surface area contributed by atoms with Crippen LogP contribution >= 0.6 is 38.6 Å². The number of rotatable bonds is 11. The van der Waals surface area contributed by atoms with E-state index in [9.17, 15) is 9.59 Å². The molecule has 8 nitrogen and oxygen atoms in total. The summed E-state index contributed by atoms with van der Waals surface area (Å²) in [5, 5.41) is 17.5. The molecule has 0 aliphatic carbocycles. The van der Waals surface area contributed by atoms with E-state index in [2.05, 4.69) is 32.8 Å². The van der Waals surface area contributed by atoms with Gasteiger partial charge in [0.2, 0.25) is 0 Å². The Hall–Kier alpha value is -1.60. The minimum Gasteiger partial charge on any atom is -0.462 e. The highest BCUT2D eigenvalue weighted by atomic mass is 79.9. The number of thiazole rings is 2. The highest BCUT2D eigenvalue weighted by molar-refractivity contribution is 9.11. The van der Waals surface area contributed by atoms with Gasteiger partial charge in [0.15, 0.2) is 3.92 Å². The monoisotopic (exact) mass is 576 g/mol. The van der Waals surface area contributed by atoms with E-state index in [1.165, 1.54) is 47.7 Å². The number of hydrogen-bond acceptors (Lipinski definition) is 10. The standard InChI is InChI=1S/C11H17NO2S.C6H6BrNO2S.C5H11BO2/c1-3-5-6-7-10-12-8-9(15-10)11(13)14-4-2;1-2-10-5(9)4-3-8-6(7)11-4;1-2-3-4-5-6(7)8/h8H,3-7H2,1-2H3;3H,2H2,1H3;4-5,7-8H,2-3H2,1H3/b;;5-4+. The lowest BCUT2D eigenvalue weighted by atomic mass is 9.91. The van der Waals surface area contributed by atoms with Crippen molar-refractivity contribution >= 4 is 57.7 Å². The number of hydrogen-bond donors (Lipinski definition) is 2. The molecule has 190 valence electrons. The van der Waals surface area contributed by atoms with E-state index < -0.39 is 7.12 Å². The molecule has 0 radical (unpaired) electrons. The number of ether oxygens (including phenoxy) is 2. The Labute approximate surface area is 218 Å². The molecular formula is C22H34BBrN2O6S2. The van der Waals surface area contributed by atoms with Crippen LogP contribution in [0.5, 0.6) is 0 Å². The Bertz CT molecular complexity index is 845. The first-order chi connectivity index (χ1) is 16.3. The molecule has 0 atom stereocenters. The predicted octanol–water partition coefficient (Wildman–Crippen LogP) is 5.49. The molecule has 0 unspecified atom stereocenters. The summed E-state index contributed by atoms with van der Waals surface area (Å²) in [4.78, 5) is 31.5. The molecule has 34 heavy (non-hydrogen) atoms. The number of nitrogens with zero attached hydrogens (tertiary/aromatic N) is 2. The van der Waals surface area contributed by atoms with Gasteiger partial charge in [0.25, 0.3) is 0 Å². The third-order valence-electron chi connectivity index (χ3n) is 3.74. The number of unbranched alkanes of at least 4 members (excludes halogenated alkanes) is 3. The van der Waals surface area contributed by atoms with Gasteiger partial charge in [-0.2, -0.15) is 0 Å². The molecule has 0 bridgehead atoms. The minimum atomic E-state index is -1.28. The average molecular weight is 577 g/mol. The lowest BCUT2D eigenvalue weighted by molar-refractivity contribution is 0.0522. The van der Waals surface area contributed by atoms with Crippen LogP contribution in [0.4, 0.5) is 0 Å². The van der Waals surface area contributed by atoms with E-state index in [-0.39, 0.29) is 11.9 Å². The average Bonchev–Trinajstić information content (AvgIpc) is 3.45. The largest absolute Gasteiger partial charge is 0.480 e. The fourth-order valence-electron chi connectivity index (χ4n) is 2.18. The number of aryl methyl sites for hydroxylation is 1. The molecule has 0 aromatic carbocycles. The maximum atomic E-state index is 11.3. The molecule has 2 heterocycles. The van der Waals surface area contributed by atoms with Crippen LogP contribution < -0.4 is 0 Å². The Kier molecular flexibility index (Phi) is 19.8. The first-order valence-electron chi connectivity index (χ1n) is 11.2. The van der Waals surface area contributed by atoms with Crippen LogP contribution in [0.15, 0.2) is 28.4 Å². The molecular weight excluding hydrogens is 543 g/mol. The second-order valence-electron chi connectivity index (χ2n) is 6.62.